The average molecular weight is 448 g/mol. The molecule has 0 saturated carbocycles. The van der Waals surface area contributed by atoms with Crippen molar-refractivity contribution in [3.8, 4) is 6.07 Å². The molecule has 30 heavy (non-hydrogen) atoms. The van der Waals surface area contributed by atoms with Crippen LogP contribution in [-0.2, 0) is 6.54 Å². The Balaban J connectivity index is 2.05. The van der Waals surface area contributed by atoms with Crippen LogP contribution in [0.2, 0.25) is 0 Å². The van der Waals surface area contributed by atoms with Crippen molar-refractivity contribution in [2.75, 3.05) is 11.2 Å². The lowest BCUT2D eigenvalue weighted by Crippen LogP contribution is -2.19. The summed E-state index contributed by atoms with van der Waals surface area (Å²) in [6.45, 7) is 1.71. The van der Waals surface area contributed by atoms with E-state index < -0.39 is 17.5 Å². The molecule has 154 valence electrons. The second-order valence-corrected chi connectivity index (χ2v) is 7.95. The van der Waals surface area contributed by atoms with Crippen molar-refractivity contribution in [3.05, 3.63) is 75.5 Å². The third kappa shape index (κ3) is 4.58. The van der Waals surface area contributed by atoms with Gasteiger partial charge in [-0.25, -0.2) is 18.2 Å². The van der Waals surface area contributed by atoms with Gasteiger partial charge in [-0.3, -0.25) is 9.52 Å². The minimum atomic E-state index is -1.54. The molecule has 1 aromatic heterocycles. The first kappa shape index (κ1) is 21.7. The van der Waals surface area contributed by atoms with Gasteiger partial charge in [-0.15, -0.1) is 11.3 Å². The number of nitrogens with zero attached hydrogens (tertiary/aromatic N) is 3. The quantitative estimate of drug-likeness (QED) is 0.420. The summed E-state index contributed by atoms with van der Waals surface area (Å²) in [7, 11) is 0. The largest absolute Gasteiger partial charge is 0.313 e. The van der Waals surface area contributed by atoms with Gasteiger partial charge in [0.2, 0.25) is 0 Å². The van der Waals surface area contributed by atoms with Crippen molar-refractivity contribution < 1.29 is 18.0 Å². The van der Waals surface area contributed by atoms with Crippen LogP contribution in [0.25, 0.3) is 0 Å². The fraction of sp³-hybridized carbons (Fsp3) is 0.150. The fourth-order valence-electron chi connectivity index (χ4n) is 2.72. The van der Waals surface area contributed by atoms with E-state index in [1.165, 1.54) is 11.3 Å². The molecule has 1 amide bonds. The van der Waals surface area contributed by atoms with Crippen LogP contribution >= 0.6 is 23.3 Å². The number of hydrogen-bond donors (Lipinski definition) is 1. The number of hydrogen-bond acceptors (Lipinski definition) is 6. The number of aromatic nitrogens is 1. The summed E-state index contributed by atoms with van der Waals surface area (Å²) in [5.41, 5.74) is 1.44. The Hall–Kier alpha value is -3.03. The maximum Gasteiger partial charge on any atom is 0.280 e. The highest BCUT2D eigenvalue weighted by atomic mass is 32.2. The van der Waals surface area contributed by atoms with Gasteiger partial charge in [0, 0.05) is 16.8 Å². The number of carbonyl (C=O) groups excluding carboxylic acids is 1. The smallest absolute Gasteiger partial charge is 0.280 e. The number of nitrogens with one attached hydrogen (secondary N) is 1. The first-order valence-electron chi connectivity index (χ1n) is 8.56. The van der Waals surface area contributed by atoms with E-state index in [1.54, 1.807) is 42.3 Å². The Morgan fingerprint density at radius 2 is 1.87 bits per heavy atom. The van der Waals surface area contributed by atoms with Gasteiger partial charge in [-0.2, -0.15) is 5.26 Å². The summed E-state index contributed by atoms with van der Waals surface area (Å²) in [4.78, 5) is 18.9. The van der Waals surface area contributed by atoms with Gasteiger partial charge in [0.15, 0.2) is 22.6 Å². The molecule has 2 aromatic carbocycles. The molecule has 0 radical (unpaired) electrons. The van der Waals surface area contributed by atoms with E-state index in [2.05, 4.69) is 9.71 Å². The zero-order chi connectivity index (χ0) is 21.8. The normalized spacial score (nSPS) is 10.5. The molecule has 1 heterocycles. The van der Waals surface area contributed by atoms with Crippen LogP contribution < -0.4 is 9.62 Å². The van der Waals surface area contributed by atoms with Crippen LogP contribution in [0.3, 0.4) is 0 Å². The number of anilines is 2. The topological polar surface area (TPSA) is 69.0 Å². The van der Waals surface area contributed by atoms with Gasteiger partial charge in [-0.1, -0.05) is 11.9 Å². The average Bonchev–Trinajstić information content (AvgIpc) is 3.12. The van der Waals surface area contributed by atoms with Gasteiger partial charge in [0.25, 0.3) is 5.91 Å². The highest BCUT2D eigenvalue weighted by Gasteiger charge is 2.21. The summed E-state index contributed by atoms with van der Waals surface area (Å²) >= 11 is 2.37. The third-order valence-electron chi connectivity index (χ3n) is 4.12. The molecule has 0 unspecified atom stereocenters. The molecule has 1 N–H and O–H groups in total. The minimum Gasteiger partial charge on any atom is -0.313 e. The Bertz CT molecular complexity index is 1100. The molecular weight excluding hydrogens is 433 g/mol. The Morgan fingerprint density at radius 1 is 1.23 bits per heavy atom. The Labute approximate surface area is 179 Å². The van der Waals surface area contributed by atoms with Crippen LogP contribution in [0.15, 0.2) is 36.4 Å². The van der Waals surface area contributed by atoms with E-state index in [-0.39, 0.29) is 23.7 Å². The monoisotopic (exact) mass is 448 g/mol. The summed E-state index contributed by atoms with van der Waals surface area (Å²) in [5, 5.41) is 9.43. The number of benzene rings is 2. The maximum atomic E-state index is 13.7. The highest BCUT2D eigenvalue weighted by Crippen LogP contribution is 2.33. The number of nitriles is 1. The van der Waals surface area contributed by atoms with E-state index in [0.717, 1.165) is 24.1 Å². The highest BCUT2D eigenvalue weighted by molar-refractivity contribution is 7.97. The minimum absolute atomic E-state index is 0.0312. The summed E-state index contributed by atoms with van der Waals surface area (Å²) in [5.74, 6) is -4.48. The molecule has 0 spiro atoms. The van der Waals surface area contributed by atoms with Crippen molar-refractivity contribution in [3.63, 3.8) is 0 Å². The first-order valence-corrected chi connectivity index (χ1v) is 10.6. The van der Waals surface area contributed by atoms with Crippen LogP contribution in [0, 0.1) is 35.7 Å². The zero-order valence-corrected chi connectivity index (χ0v) is 17.5. The van der Waals surface area contributed by atoms with E-state index in [1.807, 2.05) is 6.07 Å². The van der Waals surface area contributed by atoms with Gasteiger partial charge in [0.1, 0.15) is 5.69 Å². The molecular formula is C20H15F3N4OS2. The van der Waals surface area contributed by atoms with Crippen LogP contribution in [0.4, 0.5) is 24.0 Å². The van der Waals surface area contributed by atoms with E-state index in [0.29, 0.717) is 21.3 Å². The lowest BCUT2D eigenvalue weighted by molar-refractivity contribution is 0.0980. The Morgan fingerprint density at radius 3 is 2.43 bits per heavy atom. The molecule has 0 fully saturated rings. The second-order valence-electron chi connectivity index (χ2n) is 6.15. The first-order chi connectivity index (χ1) is 14.3. The van der Waals surface area contributed by atoms with Gasteiger partial charge in [0.05, 0.1) is 18.2 Å². The molecule has 0 aliphatic rings. The number of amides is 1. The molecule has 0 atom stereocenters. The SMILES string of the molecule is CSNC(=O)c1nc(N(Cc2cc(F)c(F)c(F)c2)c2ccc(C#N)cc2)sc1C. The summed E-state index contributed by atoms with van der Waals surface area (Å²) < 4.78 is 43.4. The van der Waals surface area contributed by atoms with Crippen LogP contribution in [0.1, 0.15) is 26.5 Å². The van der Waals surface area contributed by atoms with Gasteiger partial charge >= 0.3 is 0 Å². The zero-order valence-electron chi connectivity index (χ0n) is 15.9. The second kappa shape index (κ2) is 9.19. The number of thiazole rings is 1. The van der Waals surface area contributed by atoms with Gasteiger partial charge < -0.3 is 4.90 Å². The molecule has 3 rings (SSSR count). The Kier molecular flexibility index (Phi) is 6.64. The molecule has 5 nitrogen and oxygen atoms in total. The van der Waals surface area contributed by atoms with Crippen LogP contribution in [-0.4, -0.2) is 17.1 Å². The summed E-state index contributed by atoms with van der Waals surface area (Å²) in [6.07, 6.45) is 1.71. The van der Waals surface area contributed by atoms with Crippen molar-refractivity contribution >= 4 is 40.0 Å². The molecule has 0 aliphatic carbocycles. The number of aryl methyl sites for hydroxylation is 1. The number of halogens is 3. The number of rotatable bonds is 6. The third-order valence-corrected chi connectivity index (χ3v) is 5.50. The van der Waals surface area contributed by atoms with E-state index in [4.69, 9.17) is 5.26 Å². The van der Waals surface area contributed by atoms with Crippen molar-refractivity contribution in [1.29, 1.82) is 5.26 Å². The maximum absolute atomic E-state index is 13.7. The number of carbonyl (C=O) groups is 1. The van der Waals surface area contributed by atoms with Crippen LogP contribution in [0.5, 0.6) is 0 Å². The van der Waals surface area contributed by atoms with E-state index >= 15 is 0 Å². The standard InChI is InChI=1S/C20H15F3N4OS2/c1-11-18(19(28)26-29-2)25-20(30-11)27(14-5-3-12(9-24)4-6-14)10-13-7-15(21)17(23)16(22)8-13/h3-8H,10H2,1-2H3,(H,26,28). The predicted molar refractivity (Wildman–Crippen MR) is 111 cm³/mol. The lowest BCUT2D eigenvalue weighted by Gasteiger charge is -2.22. The molecule has 10 heteroatoms. The lowest BCUT2D eigenvalue weighted by atomic mass is 10.1. The van der Waals surface area contributed by atoms with Gasteiger partial charge in [-0.05, 0) is 48.9 Å². The van der Waals surface area contributed by atoms with E-state index in [9.17, 15) is 18.0 Å². The molecule has 3 aromatic rings. The predicted octanol–water partition coefficient (Wildman–Crippen LogP) is 5.09. The fourth-order valence-corrected chi connectivity index (χ4v) is 3.92. The van der Waals surface area contributed by atoms with Crippen molar-refractivity contribution in [2.24, 2.45) is 0 Å². The molecule has 0 bridgehead atoms. The molecule has 0 saturated heterocycles. The summed E-state index contributed by atoms with van der Waals surface area (Å²) in [6, 6.07) is 10.4. The van der Waals surface area contributed by atoms with Crippen molar-refractivity contribution in [2.45, 2.75) is 13.5 Å². The molecule has 0 aliphatic heterocycles. The van der Waals surface area contributed by atoms with Crippen molar-refractivity contribution in [1.82, 2.24) is 9.71 Å².